The molecule has 1 amide bonds. The number of aliphatic hydroxyl groups excluding tert-OH is 1. The molecule has 20 heavy (non-hydrogen) atoms. The van der Waals surface area contributed by atoms with E-state index in [4.69, 9.17) is 4.74 Å². The smallest absolute Gasteiger partial charge is 0.270 e. The highest BCUT2D eigenvalue weighted by atomic mass is 32.1. The number of aliphatic hydroxyl groups is 1. The minimum atomic E-state index is -0.125. The van der Waals surface area contributed by atoms with Gasteiger partial charge in [-0.15, -0.1) is 11.3 Å². The van der Waals surface area contributed by atoms with E-state index in [2.05, 4.69) is 10.3 Å². The molecule has 2 fully saturated rings. The van der Waals surface area contributed by atoms with Gasteiger partial charge in [-0.3, -0.25) is 4.79 Å². The minimum Gasteiger partial charge on any atom is -0.396 e. The average Bonchev–Trinajstić information content (AvgIpc) is 3.13. The molecular formula is C14H20N2O3S. The predicted octanol–water partition coefficient (Wildman–Crippen LogP) is 1.43. The molecule has 110 valence electrons. The SMILES string of the molecule is COCc1nc(C(=O)NC2C3CCC(C3)C2CO)cs1. The summed E-state index contributed by atoms with van der Waals surface area (Å²) in [7, 11) is 1.61. The number of hydrogen-bond acceptors (Lipinski definition) is 5. The third-order valence-corrected chi connectivity index (χ3v) is 5.47. The summed E-state index contributed by atoms with van der Waals surface area (Å²) < 4.78 is 5.01. The highest BCUT2D eigenvalue weighted by Crippen LogP contribution is 2.48. The molecule has 0 saturated heterocycles. The molecule has 0 aromatic carbocycles. The molecule has 5 nitrogen and oxygen atoms in total. The van der Waals surface area contributed by atoms with Crippen molar-refractivity contribution >= 4 is 17.2 Å². The van der Waals surface area contributed by atoms with Gasteiger partial charge in [0.05, 0.1) is 6.61 Å². The summed E-state index contributed by atoms with van der Waals surface area (Å²) in [6.07, 6.45) is 3.50. The van der Waals surface area contributed by atoms with Crippen LogP contribution >= 0.6 is 11.3 Å². The molecule has 6 heteroatoms. The Morgan fingerprint density at radius 3 is 3.10 bits per heavy atom. The maximum absolute atomic E-state index is 12.3. The van der Waals surface area contributed by atoms with Crippen LogP contribution in [0.5, 0.6) is 0 Å². The van der Waals surface area contributed by atoms with Crippen LogP contribution in [0.3, 0.4) is 0 Å². The van der Waals surface area contributed by atoms with Gasteiger partial charge in [0, 0.05) is 31.1 Å². The van der Waals surface area contributed by atoms with Crippen LogP contribution in [0.4, 0.5) is 0 Å². The number of nitrogens with one attached hydrogen (secondary N) is 1. The molecule has 4 unspecified atom stereocenters. The van der Waals surface area contributed by atoms with Crippen LogP contribution in [0, 0.1) is 17.8 Å². The zero-order chi connectivity index (χ0) is 14.1. The fraction of sp³-hybridized carbons (Fsp3) is 0.714. The number of fused-ring (bicyclic) bond motifs is 2. The van der Waals surface area contributed by atoms with Crippen molar-refractivity contribution in [2.75, 3.05) is 13.7 Å². The lowest BCUT2D eigenvalue weighted by atomic mass is 9.85. The van der Waals surface area contributed by atoms with Gasteiger partial charge in [-0.05, 0) is 31.1 Å². The first kappa shape index (κ1) is 14.0. The molecule has 3 rings (SSSR count). The zero-order valence-corrected chi connectivity index (χ0v) is 12.4. The average molecular weight is 296 g/mol. The second-order valence-corrected chi connectivity index (χ2v) is 6.68. The number of amides is 1. The minimum absolute atomic E-state index is 0.110. The van der Waals surface area contributed by atoms with Gasteiger partial charge in [0.1, 0.15) is 10.7 Å². The maximum Gasteiger partial charge on any atom is 0.270 e. The predicted molar refractivity (Wildman–Crippen MR) is 75.5 cm³/mol. The topological polar surface area (TPSA) is 71.5 Å². The van der Waals surface area contributed by atoms with Gasteiger partial charge >= 0.3 is 0 Å². The molecule has 4 atom stereocenters. The number of thiazole rings is 1. The molecule has 2 aliphatic rings. The van der Waals surface area contributed by atoms with E-state index in [0.717, 1.165) is 17.8 Å². The van der Waals surface area contributed by atoms with Crippen LogP contribution in [0.15, 0.2) is 5.38 Å². The second kappa shape index (κ2) is 5.79. The van der Waals surface area contributed by atoms with Crippen molar-refractivity contribution in [3.63, 3.8) is 0 Å². The molecular weight excluding hydrogens is 276 g/mol. The summed E-state index contributed by atoms with van der Waals surface area (Å²) in [6.45, 7) is 0.601. The second-order valence-electron chi connectivity index (χ2n) is 5.74. The standard InChI is InChI=1S/C14H20N2O3S/c1-19-6-12-15-11(7-20-12)14(18)16-13-9-3-2-8(4-9)10(13)5-17/h7-10,13,17H,2-6H2,1H3,(H,16,18). The van der Waals surface area contributed by atoms with Crippen molar-refractivity contribution in [3.8, 4) is 0 Å². The summed E-state index contributed by atoms with van der Waals surface area (Å²) >= 11 is 1.44. The van der Waals surface area contributed by atoms with E-state index in [-0.39, 0.29) is 24.5 Å². The van der Waals surface area contributed by atoms with Crippen LogP contribution < -0.4 is 5.32 Å². The van der Waals surface area contributed by atoms with E-state index >= 15 is 0 Å². The number of methoxy groups -OCH3 is 1. The zero-order valence-electron chi connectivity index (χ0n) is 11.5. The highest BCUT2D eigenvalue weighted by molar-refractivity contribution is 7.09. The lowest BCUT2D eigenvalue weighted by molar-refractivity contribution is 0.0856. The molecule has 1 heterocycles. The first-order valence-electron chi connectivity index (χ1n) is 7.08. The Bertz CT molecular complexity index is 491. The number of nitrogens with zero attached hydrogens (tertiary/aromatic N) is 1. The largest absolute Gasteiger partial charge is 0.396 e. The Kier molecular flexibility index (Phi) is 4.05. The number of ether oxygens (including phenoxy) is 1. The Morgan fingerprint density at radius 2 is 2.35 bits per heavy atom. The van der Waals surface area contributed by atoms with E-state index in [0.29, 0.717) is 24.1 Å². The van der Waals surface area contributed by atoms with Gasteiger partial charge in [-0.1, -0.05) is 0 Å². The molecule has 0 spiro atoms. The fourth-order valence-corrected chi connectivity index (χ4v) is 4.47. The van der Waals surface area contributed by atoms with Gasteiger partial charge in [0.2, 0.25) is 0 Å². The first-order chi connectivity index (χ1) is 9.72. The molecule has 0 aliphatic heterocycles. The number of carbonyl (C=O) groups excluding carboxylic acids is 1. The van der Waals surface area contributed by atoms with Crippen LogP contribution in [0.25, 0.3) is 0 Å². The Morgan fingerprint density at radius 1 is 1.55 bits per heavy atom. The third kappa shape index (κ3) is 2.47. The lowest BCUT2D eigenvalue weighted by Crippen LogP contribution is -2.45. The number of carbonyl (C=O) groups is 1. The Hall–Kier alpha value is -0.980. The van der Waals surface area contributed by atoms with Crippen molar-refractivity contribution in [1.29, 1.82) is 0 Å². The Labute approximate surface area is 122 Å². The summed E-state index contributed by atoms with van der Waals surface area (Å²) in [6, 6.07) is 0.110. The van der Waals surface area contributed by atoms with Crippen LogP contribution in [-0.2, 0) is 11.3 Å². The van der Waals surface area contributed by atoms with Crippen molar-refractivity contribution in [1.82, 2.24) is 10.3 Å². The summed E-state index contributed by atoms with van der Waals surface area (Å²) in [4.78, 5) is 16.5. The fourth-order valence-electron chi connectivity index (χ4n) is 3.73. The van der Waals surface area contributed by atoms with Crippen molar-refractivity contribution < 1.29 is 14.6 Å². The number of hydrogen-bond donors (Lipinski definition) is 2. The molecule has 2 saturated carbocycles. The van der Waals surface area contributed by atoms with Crippen molar-refractivity contribution in [2.45, 2.75) is 31.9 Å². The van der Waals surface area contributed by atoms with E-state index in [1.165, 1.54) is 17.8 Å². The van der Waals surface area contributed by atoms with E-state index in [9.17, 15) is 9.90 Å². The molecule has 2 N–H and O–H groups in total. The van der Waals surface area contributed by atoms with E-state index in [1.54, 1.807) is 12.5 Å². The van der Waals surface area contributed by atoms with Crippen LogP contribution in [-0.4, -0.2) is 35.8 Å². The van der Waals surface area contributed by atoms with Gasteiger partial charge in [0.25, 0.3) is 5.91 Å². The number of aromatic nitrogens is 1. The monoisotopic (exact) mass is 296 g/mol. The third-order valence-electron chi connectivity index (χ3n) is 4.65. The summed E-state index contributed by atoms with van der Waals surface area (Å²) in [5.74, 6) is 1.20. The summed E-state index contributed by atoms with van der Waals surface area (Å²) in [5, 5.41) is 15.2. The number of rotatable bonds is 5. The van der Waals surface area contributed by atoms with Crippen LogP contribution in [0.1, 0.15) is 34.8 Å². The Balaban J connectivity index is 1.66. The summed E-state index contributed by atoms with van der Waals surface area (Å²) in [5.41, 5.74) is 0.460. The normalized spacial score (nSPS) is 31.7. The van der Waals surface area contributed by atoms with Gasteiger partial charge in [0.15, 0.2) is 0 Å². The molecule has 1 aromatic rings. The molecule has 2 bridgehead atoms. The van der Waals surface area contributed by atoms with Crippen molar-refractivity contribution in [2.24, 2.45) is 17.8 Å². The van der Waals surface area contributed by atoms with Gasteiger partial charge in [-0.25, -0.2) is 4.98 Å². The van der Waals surface area contributed by atoms with Crippen molar-refractivity contribution in [3.05, 3.63) is 16.1 Å². The van der Waals surface area contributed by atoms with Gasteiger partial charge < -0.3 is 15.2 Å². The van der Waals surface area contributed by atoms with Gasteiger partial charge in [-0.2, -0.15) is 0 Å². The molecule has 0 radical (unpaired) electrons. The maximum atomic E-state index is 12.3. The van der Waals surface area contributed by atoms with E-state index < -0.39 is 0 Å². The molecule has 1 aromatic heterocycles. The van der Waals surface area contributed by atoms with E-state index in [1.807, 2.05) is 0 Å². The lowest BCUT2D eigenvalue weighted by Gasteiger charge is -2.30. The first-order valence-corrected chi connectivity index (χ1v) is 7.96. The quantitative estimate of drug-likeness (QED) is 0.862. The van der Waals surface area contributed by atoms with Crippen LogP contribution in [0.2, 0.25) is 0 Å². The molecule has 2 aliphatic carbocycles. The highest BCUT2D eigenvalue weighted by Gasteiger charge is 2.47.